The van der Waals surface area contributed by atoms with Crippen LogP contribution in [0.15, 0.2) is 18.8 Å². The topological polar surface area (TPSA) is 31.4 Å². The van der Waals surface area contributed by atoms with Gasteiger partial charge in [-0.2, -0.15) is 0 Å². The first kappa shape index (κ1) is 13.6. The Labute approximate surface area is 113 Å². The maximum atomic E-state index is 6.16. The molecular weight excluding hydrogens is 248 g/mol. The highest BCUT2D eigenvalue weighted by Crippen LogP contribution is 2.37. The van der Waals surface area contributed by atoms with Crippen molar-refractivity contribution >= 4 is 30.3 Å². The quantitative estimate of drug-likeness (QED) is 0.608. The first-order chi connectivity index (χ1) is 8.28. The molecule has 1 fully saturated rings. The highest BCUT2D eigenvalue weighted by atomic mass is 35.5. The zero-order valence-corrected chi connectivity index (χ0v) is 11.9. The molecule has 0 aromatic carbocycles. The molecule has 2 heterocycles. The zero-order chi connectivity index (χ0) is 13.6. The minimum atomic E-state index is -0.510. The normalized spacial score (nSPS) is 21.1. The van der Waals surface area contributed by atoms with E-state index in [4.69, 9.17) is 20.9 Å². The molecular formula is C13H17BClNO2. The van der Waals surface area contributed by atoms with E-state index < -0.39 is 18.3 Å². The molecule has 2 rings (SSSR count). The van der Waals surface area contributed by atoms with E-state index in [0.717, 1.165) is 11.0 Å². The van der Waals surface area contributed by atoms with Gasteiger partial charge in [-0.15, -0.1) is 0 Å². The third kappa shape index (κ3) is 2.09. The van der Waals surface area contributed by atoms with Gasteiger partial charge in [0.1, 0.15) is 5.15 Å². The minimum Gasteiger partial charge on any atom is -0.399 e. The van der Waals surface area contributed by atoms with Gasteiger partial charge in [-0.1, -0.05) is 24.3 Å². The average molecular weight is 266 g/mol. The summed E-state index contributed by atoms with van der Waals surface area (Å²) in [5.41, 5.74) is 0.839. The Kier molecular flexibility index (Phi) is 3.30. The van der Waals surface area contributed by atoms with Crippen LogP contribution in [0.2, 0.25) is 5.15 Å². The van der Waals surface area contributed by atoms with Gasteiger partial charge in [-0.25, -0.2) is 4.98 Å². The smallest absolute Gasteiger partial charge is 0.399 e. The van der Waals surface area contributed by atoms with E-state index in [1.165, 1.54) is 0 Å². The Morgan fingerprint density at radius 3 is 2.33 bits per heavy atom. The predicted octanol–water partition coefficient (Wildman–Crippen LogP) is 2.68. The third-order valence-electron chi connectivity index (χ3n) is 3.68. The molecule has 96 valence electrons. The summed E-state index contributed by atoms with van der Waals surface area (Å²) in [6, 6.07) is 1.85. The summed E-state index contributed by atoms with van der Waals surface area (Å²) in [6.07, 6.45) is 3.38. The Balaban J connectivity index is 2.44. The fourth-order valence-corrected chi connectivity index (χ4v) is 2.09. The molecule has 1 aliphatic rings. The number of pyridine rings is 1. The molecule has 0 aliphatic carbocycles. The number of aromatic nitrogens is 1. The number of nitrogens with zero attached hydrogens (tertiary/aromatic N) is 1. The van der Waals surface area contributed by atoms with Crippen LogP contribution >= 0.6 is 11.6 Å². The van der Waals surface area contributed by atoms with Crippen LogP contribution in [0.1, 0.15) is 33.3 Å². The highest BCUT2D eigenvalue weighted by molar-refractivity contribution is 6.66. The van der Waals surface area contributed by atoms with Crippen molar-refractivity contribution in [3.05, 3.63) is 29.6 Å². The SMILES string of the molecule is C=Cc1ccnc(Cl)c1B1OC(C)(C)C(C)(C)O1. The molecule has 0 spiro atoms. The van der Waals surface area contributed by atoms with Crippen molar-refractivity contribution in [1.29, 1.82) is 0 Å². The molecule has 3 nitrogen and oxygen atoms in total. The number of halogens is 1. The first-order valence-corrected chi connectivity index (χ1v) is 6.29. The summed E-state index contributed by atoms with van der Waals surface area (Å²) in [6.45, 7) is 11.8. The number of rotatable bonds is 2. The van der Waals surface area contributed by atoms with E-state index in [0.29, 0.717) is 5.15 Å². The van der Waals surface area contributed by atoms with Gasteiger partial charge in [0.15, 0.2) is 0 Å². The van der Waals surface area contributed by atoms with E-state index in [-0.39, 0.29) is 0 Å². The standard InChI is InChI=1S/C13H17BClNO2/c1-6-9-7-8-16-11(15)10(9)14-17-12(2,3)13(4,5)18-14/h6-8H,1H2,2-5H3. The lowest BCUT2D eigenvalue weighted by Gasteiger charge is -2.32. The van der Waals surface area contributed by atoms with Crippen molar-refractivity contribution in [1.82, 2.24) is 4.98 Å². The number of hydrogen-bond acceptors (Lipinski definition) is 3. The van der Waals surface area contributed by atoms with Crippen molar-refractivity contribution in [2.45, 2.75) is 38.9 Å². The summed E-state index contributed by atoms with van der Waals surface area (Å²) in [5.74, 6) is 0. The van der Waals surface area contributed by atoms with Gasteiger partial charge in [-0.05, 0) is 39.3 Å². The Hall–Kier alpha value is -0.835. The van der Waals surface area contributed by atoms with Crippen molar-refractivity contribution < 1.29 is 9.31 Å². The largest absolute Gasteiger partial charge is 0.498 e. The van der Waals surface area contributed by atoms with Crippen molar-refractivity contribution in [3.63, 3.8) is 0 Å². The van der Waals surface area contributed by atoms with Crippen LogP contribution in [0.4, 0.5) is 0 Å². The fraction of sp³-hybridized carbons (Fsp3) is 0.462. The highest BCUT2D eigenvalue weighted by Gasteiger charge is 2.52. The van der Waals surface area contributed by atoms with Crippen LogP contribution in [0, 0.1) is 0 Å². The van der Waals surface area contributed by atoms with Crippen LogP contribution in [0.3, 0.4) is 0 Å². The predicted molar refractivity (Wildman–Crippen MR) is 75.1 cm³/mol. The number of hydrogen-bond donors (Lipinski definition) is 0. The maximum Gasteiger partial charge on any atom is 0.498 e. The van der Waals surface area contributed by atoms with Crippen molar-refractivity contribution in [2.75, 3.05) is 0 Å². The molecule has 1 saturated heterocycles. The van der Waals surface area contributed by atoms with E-state index in [9.17, 15) is 0 Å². The van der Waals surface area contributed by atoms with E-state index in [1.54, 1.807) is 12.3 Å². The van der Waals surface area contributed by atoms with Crippen LogP contribution in [0.5, 0.6) is 0 Å². The van der Waals surface area contributed by atoms with Crippen LogP contribution in [0.25, 0.3) is 6.08 Å². The van der Waals surface area contributed by atoms with Gasteiger partial charge in [-0.3, -0.25) is 0 Å². The lowest BCUT2D eigenvalue weighted by atomic mass is 9.77. The van der Waals surface area contributed by atoms with Crippen LogP contribution < -0.4 is 5.46 Å². The van der Waals surface area contributed by atoms with Crippen LogP contribution in [-0.4, -0.2) is 23.3 Å². The summed E-state index contributed by atoms with van der Waals surface area (Å²) in [5, 5.41) is 0.394. The summed E-state index contributed by atoms with van der Waals surface area (Å²) in [7, 11) is -0.510. The van der Waals surface area contributed by atoms with Gasteiger partial charge >= 0.3 is 7.12 Å². The van der Waals surface area contributed by atoms with E-state index >= 15 is 0 Å². The van der Waals surface area contributed by atoms with Gasteiger partial charge in [0.25, 0.3) is 0 Å². The van der Waals surface area contributed by atoms with Crippen LogP contribution in [-0.2, 0) is 9.31 Å². The second-order valence-electron chi connectivity index (χ2n) is 5.40. The Morgan fingerprint density at radius 1 is 1.28 bits per heavy atom. The second kappa shape index (κ2) is 4.37. The average Bonchev–Trinajstić information content (AvgIpc) is 2.47. The second-order valence-corrected chi connectivity index (χ2v) is 5.76. The molecule has 1 aliphatic heterocycles. The lowest BCUT2D eigenvalue weighted by Crippen LogP contribution is -2.41. The summed E-state index contributed by atoms with van der Waals surface area (Å²) in [4.78, 5) is 4.09. The summed E-state index contributed by atoms with van der Waals surface area (Å²) >= 11 is 6.16. The van der Waals surface area contributed by atoms with Gasteiger partial charge < -0.3 is 9.31 Å². The molecule has 1 aromatic heterocycles. The fourth-order valence-electron chi connectivity index (χ4n) is 1.83. The van der Waals surface area contributed by atoms with Gasteiger partial charge in [0, 0.05) is 11.7 Å². The molecule has 0 N–H and O–H groups in total. The van der Waals surface area contributed by atoms with E-state index in [1.807, 2.05) is 33.8 Å². The Morgan fingerprint density at radius 2 is 1.83 bits per heavy atom. The van der Waals surface area contributed by atoms with Gasteiger partial charge in [0.05, 0.1) is 11.2 Å². The molecule has 1 aromatic rings. The monoisotopic (exact) mass is 265 g/mol. The molecule has 0 amide bonds. The molecule has 0 saturated carbocycles. The lowest BCUT2D eigenvalue weighted by molar-refractivity contribution is 0.00578. The molecule has 0 atom stereocenters. The Bertz CT molecular complexity index is 472. The molecule has 0 bridgehead atoms. The molecule has 0 unspecified atom stereocenters. The zero-order valence-electron chi connectivity index (χ0n) is 11.2. The van der Waals surface area contributed by atoms with E-state index in [2.05, 4.69) is 11.6 Å². The molecule has 18 heavy (non-hydrogen) atoms. The maximum absolute atomic E-state index is 6.16. The summed E-state index contributed by atoms with van der Waals surface area (Å²) < 4.78 is 12.0. The molecule has 0 radical (unpaired) electrons. The van der Waals surface area contributed by atoms with Gasteiger partial charge in [0.2, 0.25) is 0 Å². The molecule has 5 heteroatoms. The van der Waals surface area contributed by atoms with Crippen molar-refractivity contribution in [2.24, 2.45) is 0 Å². The minimum absolute atomic E-state index is 0.394. The first-order valence-electron chi connectivity index (χ1n) is 5.91. The third-order valence-corrected chi connectivity index (χ3v) is 3.99. The van der Waals surface area contributed by atoms with Crippen molar-refractivity contribution in [3.8, 4) is 0 Å².